The topological polar surface area (TPSA) is 67.1 Å². The summed E-state index contributed by atoms with van der Waals surface area (Å²) in [4.78, 5) is 11.6. The Kier molecular flexibility index (Phi) is 4.13. The molecule has 7 heteroatoms. The number of para-hydroxylation sites is 1. The van der Waals surface area contributed by atoms with E-state index in [1.807, 2.05) is 5.43 Å². The summed E-state index contributed by atoms with van der Waals surface area (Å²) in [6.45, 7) is 0. The number of nitrogens with one attached hydrogen (secondary N) is 2. The summed E-state index contributed by atoms with van der Waals surface area (Å²) in [6, 6.07) is 11.1. The van der Waals surface area contributed by atoms with Crippen LogP contribution in [0.5, 0.6) is 0 Å². The monoisotopic (exact) mass is 295 g/mol. The molecule has 0 radical (unpaired) electrons. The minimum absolute atomic E-state index is 0.224. The zero-order chi connectivity index (χ0) is 15.5. The van der Waals surface area contributed by atoms with Crippen molar-refractivity contribution < 1.29 is 18.0 Å². The van der Waals surface area contributed by atoms with Gasteiger partial charge in [-0.1, -0.05) is 18.2 Å². The molecule has 21 heavy (non-hydrogen) atoms. The molecule has 0 heterocycles. The van der Waals surface area contributed by atoms with Crippen LogP contribution in [-0.4, -0.2) is 5.91 Å². The van der Waals surface area contributed by atoms with Crippen molar-refractivity contribution in [2.75, 3.05) is 5.32 Å². The van der Waals surface area contributed by atoms with Crippen LogP contribution >= 0.6 is 0 Å². The molecule has 4 N–H and O–H groups in total. The second kappa shape index (κ2) is 5.84. The number of hydrazine groups is 1. The van der Waals surface area contributed by atoms with E-state index in [2.05, 4.69) is 5.32 Å². The SMILES string of the molecule is NNC(=O)c1ccccc1Nc1cccc(C(F)(F)F)c1. The highest BCUT2D eigenvalue weighted by Gasteiger charge is 2.30. The molecular formula is C14H12F3N3O. The predicted molar refractivity (Wildman–Crippen MR) is 72.8 cm³/mol. The van der Waals surface area contributed by atoms with Crippen molar-refractivity contribution in [3.63, 3.8) is 0 Å². The minimum Gasteiger partial charge on any atom is -0.355 e. The maximum absolute atomic E-state index is 12.7. The Labute approximate surface area is 118 Å². The first-order valence-electron chi connectivity index (χ1n) is 5.96. The van der Waals surface area contributed by atoms with Gasteiger partial charge in [0.25, 0.3) is 5.91 Å². The third kappa shape index (κ3) is 3.51. The van der Waals surface area contributed by atoms with Crippen LogP contribution in [0.1, 0.15) is 15.9 Å². The molecule has 110 valence electrons. The maximum atomic E-state index is 12.7. The molecule has 0 aromatic heterocycles. The van der Waals surface area contributed by atoms with Crippen LogP contribution in [0.25, 0.3) is 0 Å². The van der Waals surface area contributed by atoms with Crippen LogP contribution in [0.3, 0.4) is 0 Å². The lowest BCUT2D eigenvalue weighted by atomic mass is 10.1. The van der Waals surface area contributed by atoms with E-state index in [0.717, 1.165) is 12.1 Å². The molecule has 0 aliphatic heterocycles. The van der Waals surface area contributed by atoms with Gasteiger partial charge in [-0.15, -0.1) is 0 Å². The van der Waals surface area contributed by atoms with Crippen molar-refractivity contribution in [2.24, 2.45) is 5.84 Å². The molecule has 0 aliphatic rings. The van der Waals surface area contributed by atoms with Crippen LogP contribution in [0.15, 0.2) is 48.5 Å². The minimum atomic E-state index is -4.42. The van der Waals surface area contributed by atoms with E-state index in [0.29, 0.717) is 5.69 Å². The van der Waals surface area contributed by atoms with Crippen LogP contribution in [0, 0.1) is 0 Å². The van der Waals surface area contributed by atoms with E-state index in [1.54, 1.807) is 18.2 Å². The number of halogens is 3. The number of amides is 1. The lowest BCUT2D eigenvalue weighted by molar-refractivity contribution is -0.137. The van der Waals surface area contributed by atoms with E-state index < -0.39 is 17.6 Å². The summed E-state index contributed by atoms with van der Waals surface area (Å²) in [5.74, 6) is 4.53. The first kappa shape index (κ1) is 14.9. The molecule has 2 rings (SSSR count). The lowest BCUT2D eigenvalue weighted by Crippen LogP contribution is -2.30. The van der Waals surface area contributed by atoms with Crippen LogP contribution in [0.4, 0.5) is 24.5 Å². The van der Waals surface area contributed by atoms with E-state index in [4.69, 9.17) is 5.84 Å². The van der Waals surface area contributed by atoms with E-state index in [-0.39, 0.29) is 11.3 Å². The molecule has 2 aromatic carbocycles. The maximum Gasteiger partial charge on any atom is 0.416 e. The molecule has 0 bridgehead atoms. The zero-order valence-corrected chi connectivity index (χ0v) is 10.7. The first-order chi connectivity index (χ1) is 9.91. The largest absolute Gasteiger partial charge is 0.416 e. The molecule has 0 fully saturated rings. The molecular weight excluding hydrogens is 283 g/mol. The lowest BCUT2D eigenvalue weighted by Gasteiger charge is -2.13. The molecule has 4 nitrogen and oxygen atoms in total. The Morgan fingerprint density at radius 2 is 1.76 bits per heavy atom. The summed E-state index contributed by atoms with van der Waals surface area (Å²) < 4.78 is 38.0. The van der Waals surface area contributed by atoms with Gasteiger partial charge in [0.2, 0.25) is 0 Å². The molecule has 0 spiro atoms. The normalized spacial score (nSPS) is 11.0. The van der Waals surface area contributed by atoms with Gasteiger partial charge in [-0.2, -0.15) is 13.2 Å². The molecule has 0 saturated heterocycles. The van der Waals surface area contributed by atoms with Crippen LogP contribution in [-0.2, 0) is 6.18 Å². The summed E-state index contributed by atoms with van der Waals surface area (Å²) in [5, 5.41) is 2.78. The fourth-order valence-corrected chi connectivity index (χ4v) is 1.80. The van der Waals surface area contributed by atoms with Crippen molar-refractivity contribution in [1.82, 2.24) is 5.43 Å². The molecule has 2 aromatic rings. The average molecular weight is 295 g/mol. The zero-order valence-electron chi connectivity index (χ0n) is 10.7. The van der Waals surface area contributed by atoms with Gasteiger partial charge in [0, 0.05) is 5.69 Å². The summed E-state index contributed by atoms with van der Waals surface area (Å²) in [6.07, 6.45) is -4.42. The first-order valence-corrected chi connectivity index (χ1v) is 5.96. The van der Waals surface area contributed by atoms with Crippen LogP contribution in [0.2, 0.25) is 0 Å². The average Bonchev–Trinajstić information content (AvgIpc) is 2.46. The number of anilines is 2. The number of alkyl halides is 3. The quantitative estimate of drug-likeness (QED) is 0.463. The number of benzene rings is 2. The van der Waals surface area contributed by atoms with Crippen molar-refractivity contribution >= 4 is 17.3 Å². The van der Waals surface area contributed by atoms with E-state index >= 15 is 0 Å². The standard InChI is InChI=1S/C14H12F3N3O/c15-14(16,17)9-4-3-5-10(8-9)19-12-7-2-1-6-11(12)13(21)20-18/h1-8,19H,18H2,(H,20,21). The summed E-state index contributed by atoms with van der Waals surface area (Å²) in [7, 11) is 0. The van der Waals surface area contributed by atoms with Gasteiger partial charge in [-0.25, -0.2) is 5.84 Å². The number of rotatable bonds is 3. The van der Waals surface area contributed by atoms with Gasteiger partial charge >= 0.3 is 6.18 Å². The summed E-state index contributed by atoms with van der Waals surface area (Å²) >= 11 is 0. The molecule has 0 aliphatic carbocycles. The second-order valence-electron chi connectivity index (χ2n) is 4.22. The third-order valence-corrected chi connectivity index (χ3v) is 2.77. The van der Waals surface area contributed by atoms with E-state index in [1.165, 1.54) is 18.2 Å². The highest BCUT2D eigenvalue weighted by Crippen LogP contribution is 2.31. The number of nitrogen functional groups attached to an aromatic ring is 1. The van der Waals surface area contributed by atoms with Gasteiger partial charge in [0.05, 0.1) is 16.8 Å². The Morgan fingerprint density at radius 1 is 1.05 bits per heavy atom. The van der Waals surface area contributed by atoms with E-state index in [9.17, 15) is 18.0 Å². The molecule has 0 unspecified atom stereocenters. The van der Waals surface area contributed by atoms with Crippen molar-refractivity contribution in [3.05, 3.63) is 59.7 Å². The molecule has 0 saturated carbocycles. The molecule has 0 atom stereocenters. The Bertz CT molecular complexity index is 656. The highest BCUT2D eigenvalue weighted by atomic mass is 19.4. The predicted octanol–water partition coefficient (Wildman–Crippen LogP) is 3.05. The Balaban J connectivity index is 2.33. The fourth-order valence-electron chi connectivity index (χ4n) is 1.80. The van der Waals surface area contributed by atoms with Crippen molar-refractivity contribution in [3.8, 4) is 0 Å². The number of hydrogen-bond donors (Lipinski definition) is 3. The number of hydrogen-bond acceptors (Lipinski definition) is 3. The fraction of sp³-hybridized carbons (Fsp3) is 0.0714. The Morgan fingerprint density at radius 3 is 2.43 bits per heavy atom. The smallest absolute Gasteiger partial charge is 0.355 e. The third-order valence-electron chi connectivity index (χ3n) is 2.77. The van der Waals surface area contributed by atoms with Gasteiger partial charge in [0.15, 0.2) is 0 Å². The van der Waals surface area contributed by atoms with Gasteiger partial charge in [0.1, 0.15) is 0 Å². The van der Waals surface area contributed by atoms with Gasteiger partial charge in [-0.05, 0) is 30.3 Å². The number of carbonyl (C=O) groups is 1. The van der Waals surface area contributed by atoms with Gasteiger partial charge in [-0.3, -0.25) is 10.2 Å². The van der Waals surface area contributed by atoms with Crippen LogP contribution < -0.4 is 16.6 Å². The highest BCUT2D eigenvalue weighted by molar-refractivity contribution is 5.99. The number of nitrogens with two attached hydrogens (primary N) is 1. The van der Waals surface area contributed by atoms with Crippen molar-refractivity contribution in [2.45, 2.75) is 6.18 Å². The second-order valence-corrected chi connectivity index (χ2v) is 4.22. The Hall–Kier alpha value is -2.54. The van der Waals surface area contributed by atoms with Crippen molar-refractivity contribution in [1.29, 1.82) is 0 Å². The number of carbonyl (C=O) groups excluding carboxylic acids is 1. The summed E-state index contributed by atoms with van der Waals surface area (Å²) in [5.41, 5.74) is 2.03. The molecule has 1 amide bonds. The van der Waals surface area contributed by atoms with Gasteiger partial charge < -0.3 is 5.32 Å².